The van der Waals surface area contributed by atoms with Crippen LogP contribution < -0.4 is 5.73 Å². The van der Waals surface area contributed by atoms with Gasteiger partial charge in [-0.3, -0.25) is 0 Å². The highest BCUT2D eigenvalue weighted by Gasteiger charge is 2.21. The van der Waals surface area contributed by atoms with E-state index in [2.05, 4.69) is 24.3 Å². The van der Waals surface area contributed by atoms with Crippen LogP contribution in [-0.2, 0) is 12.8 Å². The standard InChI is InChI=1S/C17H14N2S/c18-14-8-4-3-7-13(14)17-19-16-12-6-2-1-5-11(12)9-10-15(16)20-17/h1-8H,9-10,18H2. The lowest BCUT2D eigenvalue weighted by atomic mass is 9.94. The molecule has 0 radical (unpaired) electrons. The highest BCUT2D eigenvalue weighted by molar-refractivity contribution is 7.15. The number of anilines is 1. The van der Waals surface area contributed by atoms with Crippen LogP contribution in [0, 0.1) is 0 Å². The minimum Gasteiger partial charge on any atom is -0.398 e. The monoisotopic (exact) mass is 278 g/mol. The van der Waals surface area contributed by atoms with Crippen LogP contribution in [0.5, 0.6) is 0 Å². The summed E-state index contributed by atoms with van der Waals surface area (Å²) in [7, 11) is 0. The van der Waals surface area contributed by atoms with E-state index in [1.54, 1.807) is 11.3 Å². The predicted molar refractivity (Wildman–Crippen MR) is 84.8 cm³/mol. The van der Waals surface area contributed by atoms with E-state index < -0.39 is 0 Å². The van der Waals surface area contributed by atoms with Crippen LogP contribution in [0.25, 0.3) is 21.8 Å². The van der Waals surface area contributed by atoms with Crippen LogP contribution in [0.3, 0.4) is 0 Å². The number of benzene rings is 2. The third-order valence-electron chi connectivity index (χ3n) is 3.78. The van der Waals surface area contributed by atoms with Gasteiger partial charge < -0.3 is 5.73 Å². The molecule has 0 saturated carbocycles. The van der Waals surface area contributed by atoms with Crippen molar-refractivity contribution in [2.75, 3.05) is 5.73 Å². The van der Waals surface area contributed by atoms with Gasteiger partial charge in [0.1, 0.15) is 5.01 Å². The van der Waals surface area contributed by atoms with Crippen LogP contribution in [0.1, 0.15) is 10.4 Å². The highest BCUT2D eigenvalue weighted by Crippen LogP contribution is 2.40. The quantitative estimate of drug-likeness (QED) is 0.679. The highest BCUT2D eigenvalue weighted by atomic mass is 32.1. The number of thiazole rings is 1. The summed E-state index contributed by atoms with van der Waals surface area (Å²) in [6.07, 6.45) is 2.19. The van der Waals surface area contributed by atoms with E-state index in [-0.39, 0.29) is 0 Å². The van der Waals surface area contributed by atoms with Crippen molar-refractivity contribution >= 4 is 17.0 Å². The zero-order valence-corrected chi connectivity index (χ0v) is 11.8. The maximum absolute atomic E-state index is 6.07. The van der Waals surface area contributed by atoms with Gasteiger partial charge in [-0.15, -0.1) is 11.3 Å². The van der Waals surface area contributed by atoms with Crippen LogP contribution >= 0.6 is 11.3 Å². The lowest BCUT2D eigenvalue weighted by Gasteiger charge is -2.13. The SMILES string of the molecule is Nc1ccccc1-c1nc2c(s1)CCc1ccccc1-2. The van der Waals surface area contributed by atoms with Crippen molar-refractivity contribution in [3.8, 4) is 21.8 Å². The summed E-state index contributed by atoms with van der Waals surface area (Å²) < 4.78 is 0. The second-order valence-electron chi connectivity index (χ2n) is 5.04. The van der Waals surface area contributed by atoms with Gasteiger partial charge in [0.25, 0.3) is 0 Å². The first kappa shape index (κ1) is 11.7. The number of aromatic nitrogens is 1. The Labute approximate surface area is 121 Å². The van der Waals surface area contributed by atoms with Crippen LogP contribution in [0.4, 0.5) is 5.69 Å². The Hall–Kier alpha value is -2.13. The molecule has 4 rings (SSSR count). The molecule has 0 bridgehead atoms. The molecule has 1 aromatic heterocycles. The minimum absolute atomic E-state index is 0.798. The van der Waals surface area contributed by atoms with E-state index >= 15 is 0 Å². The second-order valence-corrected chi connectivity index (χ2v) is 6.12. The van der Waals surface area contributed by atoms with E-state index in [0.717, 1.165) is 34.8 Å². The zero-order valence-electron chi connectivity index (χ0n) is 11.0. The van der Waals surface area contributed by atoms with Crippen molar-refractivity contribution in [3.63, 3.8) is 0 Å². The van der Waals surface area contributed by atoms with Gasteiger partial charge in [0.15, 0.2) is 0 Å². The lowest BCUT2D eigenvalue weighted by molar-refractivity contribution is 0.955. The van der Waals surface area contributed by atoms with Gasteiger partial charge in [-0.2, -0.15) is 0 Å². The molecular weight excluding hydrogens is 264 g/mol. The van der Waals surface area contributed by atoms with Crippen molar-refractivity contribution in [1.29, 1.82) is 0 Å². The summed E-state index contributed by atoms with van der Waals surface area (Å²) >= 11 is 1.78. The summed E-state index contributed by atoms with van der Waals surface area (Å²) in [6, 6.07) is 16.5. The number of hydrogen-bond donors (Lipinski definition) is 1. The molecule has 3 heteroatoms. The fourth-order valence-corrected chi connectivity index (χ4v) is 3.88. The fraction of sp³-hybridized carbons (Fsp3) is 0.118. The summed E-state index contributed by atoms with van der Waals surface area (Å²) in [5.41, 5.74) is 11.7. The lowest BCUT2D eigenvalue weighted by Crippen LogP contribution is -2.01. The van der Waals surface area contributed by atoms with E-state index in [1.807, 2.05) is 24.3 Å². The first-order chi connectivity index (χ1) is 9.83. The molecule has 98 valence electrons. The van der Waals surface area contributed by atoms with E-state index in [0.29, 0.717) is 0 Å². The number of aryl methyl sites for hydroxylation is 2. The number of para-hydroxylation sites is 1. The minimum atomic E-state index is 0.798. The number of hydrogen-bond acceptors (Lipinski definition) is 3. The van der Waals surface area contributed by atoms with Crippen LogP contribution in [-0.4, -0.2) is 4.98 Å². The Morgan fingerprint density at radius 2 is 1.65 bits per heavy atom. The first-order valence-electron chi connectivity index (χ1n) is 6.76. The second kappa shape index (κ2) is 4.46. The number of rotatable bonds is 1. The van der Waals surface area contributed by atoms with Crippen molar-refractivity contribution in [1.82, 2.24) is 4.98 Å². The third-order valence-corrected chi connectivity index (χ3v) is 4.93. The Bertz CT molecular complexity index is 789. The van der Waals surface area contributed by atoms with Gasteiger partial charge in [-0.05, 0) is 30.5 Å². The van der Waals surface area contributed by atoms with E-state index in [1.165, 1.54) is 16.0 Å². The van der Waals surface area contributed by atoms with Gasteiger partial charge in [0.05, 0.1) is 5.69 Å². The molecule has 1 aliphatic rings. The molecule has 0 aliphatic heterocycles. The Kier molecular flexibility index (Phi) is 2.60. The molecule has 3 aromatic rings. The third kappa shape index (κ3) is 1.74. The van der Waals surface area contributed by atoms with Gasteiger partial charge >= 0.3 is 0 Å². The average molecular weight is 278 g/mol. The maximum Gasteiger partial charge on any atom is 0.126 e. The Balaban J connectivity index is 1.89. The van der Waals surface area contributed by atoms with Crippen molar-refractivity contribution in [2.24, 2.45) is 0 Å². The summed E-state index contributed by atoms with van der Waals surface area (Å²) in [6.45, 7) is 0. The van der Waals surface area contributed by atoms with Crippen molar-refractivity contribution in [2.45, 2.75) is 12.8 Å². The summed E-state index contributed by atoms with van der Waals surface area (Å²) in [4.78, 5) is 6.24. The summed E-state index contributed by atoms with van der Waals surface area (Å²) in [5, 5.41) is 1.03. The molecule has 0 fully saturated rings. The molecule has 0 saturated heterocycles. The molecule has 0 unspecified atom stereocenters. The van der Waals surface area contributed by atoms with Gasteiger partial charge in [-0.1, -0.05) is 36.4 Å². The Morgan fingerprint density at radius 1 is 0.900 bits per heavy atom. The number of nitrogens with two attached hydrogens (primary N) is 1. The normalized spacial score (nSPS) is 12.8. The molecule has 0 amide bonds. The molecule has 2 N–H and O–H groups in total. The first-order valence-corrected chi connectivity index (χ1v) is 7.57. The molecule has 0 spiro atoms. The van der Waals surface area contributed by atoms with E-state index in [4.69, 9.17) is 10.7 Å². The van der Waals surface area contributed by atoms with Crippen LogP contribution in [0.15, 0.2) is 48.5 Å². The summed E-state index contributed by atoms with van der Waals surface area (Å²) in [5.74, 6) is 0. The van der Waals surface area contributed by atoms with Crippen molar-refractivity contribution in [3.05, 3.63) is 59.0 Å². The molecule has 1 heterocycles. The van der Waals surface area contributed by atoms with E-state index in [9.17, 15) is 0 Å². The molecule has 0 atom stereocenters. The number of fused-ring (bicyclic) bond motifs is 3. The molecule has 1 aliphatic carbocycles. The zero-order chi connectivity index (χ0) is 13.5. The predicted octanol–water partition coefficient (Wildman–Crippen LogP) is 4.16. The largest absolute Gasteiger partial charge is 0.398 e. The average Bonchev–Trinajstić information content (AvgIpc) is 2.92. The van der Waals surface area contributed by atoms with Crippen LogP contribution in [0.2, 0.25) is 0 Å². The Morgan fingerprint density at radius 3 is 2.50 bits per heavy atom. The topological polar surface area (TPSA) is 38.9 Å². The molecule has 2 nitrogen and oxygen atoms in total. The fourth-order valence-electron chi connectivity index (χ4n) is 2.76. The molecule has 20 heavy (non-hydrogen) atoms. The van der Waals surface area contributed by atoms with Gasteiger partial charge in [-0.25, -0.2) is 4.98 Å². The van der Waals surface area contributed by atoms with Crippen molar-refractivity contribution < 1.29 is 0 Å². The number of nitrogens with zero attached hydrogens (tertiary/aromatic N) is 1. The number of nitrogen functional groups attached to an aromatic ring is 1. The van der Waals surface area contributed by atoms with Gasteiger partial charge in [0.2, 0.25) is 0 Å². The van der Waals surface area contributed by atoms with Gasteiger partial charge in [0, 0.05) is 21.7 Å². The molecular formula is C17H14N2S. The maximum atomic E-state index is 6.07. The molecule has 2 aromatic carbocycles. The smallest absolute Gasteiger partial charge is 0.126 e.